The monoisotopic (exact) mass is 393 g/mol. The summed E-state index contributed by atoms with van der Waals surface area (Å²) in [4.78, 5) is 29.5. The van der Waals surface area contributed by atoms with Crippen molar-refractivity contribution in [3.8, 4) is 22.8 Å². The van der Waals surface area contributed by atoms with Crippen LogP contribution in [0.1, 0.15) is 5.56 Å². The zero-order chi connectivity index (χ0) is 19.7. The van der Waals surface area contributed by atoms with Crippen LogP contribution in [-0.4, -0.2) is 28.8 Å². The van der Waals surface area contributed by atoms with Crippen LogP contribution in [0, 0.1) is 0 Å². The van der Waals surface area contributed by atoms with E-state index in [-0.39, 0.29) is 16.2 Å². The van der Waals surface area contributed by atoms with E-state index in [0.717, 1.165) is 15.9 Å². The summed E-state index contributed by atoms with van der Waals surface area (Å²) in [5.74, 6) is 1.21. The second kappa shape index (κ2) is 7.24. The van der Waals surface area contributed by atoms with E-state index >= 15 is 0 Å². The first kappa shape index (κ1) is 17.9. The molecule has 0 saturated heterocycles. The average Bonchev–Trinajstić information content (AvgIpc) is 3.02. The van der Waals surface area contributed by atoms with Crippen molar-refractivity contribution in [2.75, 3.05) is 14.2 Å². The van der Waals surface area contributed by atoms with Crippen molar-refractivity contribution < 1.29 is 9.47 Å². The van der Waals surface area contributed by atoms with Crippen LogP contribution in [0.4, 0.5) is 0 Å². The topological polar surface area (TPSA) is 82.8 Å². The maximum atomic E-state index is 12.8. The second-order valence-electron chi connectivity index (χ2n) is 5.85. The minimum Gasteiger partial charge on any atom is -0.497 e. The van der Waals surface area contributed by atoms with E-state index < -0.39 is 5.56 Å². The van der Waals surface area contributed by atoms with Crippen LogP contribution in [-0.2, 0) is 0 Å². The Balaban J connectivity index is 1.91. The lowest BCUT2D eigenvalue weighted by atomic mass is 10.2. The summed E-state index contributed by atoms with van der Waals surface area (Å²) in [6, 6.07) is 14.2. The zero-order valence-electron chi connectivity index (χ0n) is 15.1. The Bertz CT molecular complexity index is 1330. The van der Waals surface area contributed by atoms with Crippen molar-refractivity contribution in [2.45, 2.75) is 0 Å². The van der Waals surface area contributed by atoms with E-state index in [1.807, 2.05) is 6.07 Å². The quantitative estimate of drug-likeness (QED) is 0.525. The van der Waals surface area contributed by atoms with Gasteiger partial charge in [0.25, 0.3) is 5.56 Å². The summed E-state index contributed by atoms with van der Waals surface area (Å²) >= 11 is 1.10. The molecule has 0 radical (unpaired) electrons. The molecule has 140 valence electrons. The molecule has 2 heterocycles. The maximum absolute atomic E-state index is 12.8. The zero-order valence-corrected chi connectivity index (χ0v) is 15.9. The van der Waals surface area contributed by atoms with Gasteiger partial charge in [0.2, 0.25) is 4.96 Å². The van der Waals surface area contributed by atoms with Crippen molar-refractivity contribution in [1.29, 1.82) is 0 Å². The number of methoxy groups -OCH3 is 2. The molecule has 0 atom stereocenters. The molecule has 0 amide bonds. The van der Waals surface area contributed by atoms with Crippen LogP contribution in [0.15, 0.2) is 58.1 Å². The number of rotatable bonds is 4. The Labute approximate surface area is 163 Å². The van der Waals surface area contributed by atoms with Crippen LogP contribution in [0.25, 0.3) is 22.3 Å². The lowest BCUT2D eigenvalue weighted by molar-refractivity contribution is 0.393. The van der Waals surface area contributed by atoms with Gasteiger partial charge in [-0.1, -0.05) is 41.7 Å². The van der Waals surface area contributed by atoms with Crippen LogP contribution >= 0.6 is 11.3 Å². The van der Waals surface area contributed by atoms with Crippen LogP contribution in [0.2, 0.25) is 0 Å². The van der Waals surface area contributed by atoms with Gasteiger partial charge in [-0.25, -0.2) is 0 Å². The molecule has 0 unspecified atom stereocenters. The van der Waals surface area contributed by atoms with E-state index in [4.69, 9.17) is 9.47 Å². The number of nitrogens with zero attached hydrogens (tertiary/aromatic N) is 3. The smallest absolute Gasteiger partial charge is 0.300 e. The fraction of sp³-hybridized carbons (Fsp3) is 0.100. The molecule has 0 saturated carbocycles. The molecule has 4 aromatic rings. The lowest BCUT2D eigenvalue weighted by Crippen LogP contribution is -2.26. The normalized spacial score (nSPS) is 11.7. The molecule has 0 bridgehead atoms. The van der Waals surface area contributed by atoms with E-state index in [0.29, 0.717) is 27.2 Å². The molecule has 8 heteroatoms. The molecular formula is C20H15N3O4S. The molecule has 0 spiro atoms. The maximum Gasteiger partial charge on any atom is 0.300 e. The lowest BCUT2D eigenvalue weighted by Gasteiger charge is -2.06. The van der Waals surface area contributed by atoms with Crippen LogP contribution in [0.5, 0.6) is 11.5 Å². The predicted octanol–water partition coefficient (Wildman–Crippen LogP) is 1.74. The molecule has 2 aromatic carbocycles. The number of hydrogen-bond acceptors (Lipinski definition) is 7. The summed E-state index contributed by atoms with van der Waals surface area (Å²) in [6.07, 6.45) is 1.69. The first-order chi connectivity index (χ1) is 13.6. The highest BCUT2D eigenvalue weighted by atomic mass is 32.1. The average molecular weight is 393 g/mol. The summed E-state index contributed by atoms with van der Waals surface area (Å²) in [7, 11) is 3.11. The number of aromatic nitrogens is 3. The van der Waals surface area contributed by atoms with Gasteiger partial charge in [0.1, 0.15) is 11.5 Å². The summed E-state index contributed by atoms with van der Waals surface area (Å²) < 4.78 is 12.1. The van der Waals surface area contributed by atoms with E-state index in [2.05, 4.69) is 10.1 Å². The Morgan fingerprint density at radius 2 is 1.82 bits per heavy atom. The van der Waals surface area contributed by atoms with Crippen molar-refractivity contribution in [2.24, 2.45) is 0 Å². The third-order valence-corrected chi connectivity index (χ3v) is 5.12. The number of benzene rings is 2. The number of fused-ring (bicyclic) bond motifs is 1. The molecule has 2 aromatic heterocycles. The van der Waals surface area contributed by atoms with Gasteiger partial charge in [-0.3, -0.25) is 9.59 Å². The molecule has 0 aliphatic carbocycles. The highest BCUT2D eigenvalue weighted by Gasteiger charge is 2.13. The van der Waals surface area contributed by atoms with Gasteiger partial charge < -0.3 is 9.47 Å². The summed E-state index contributed by atoms with van der Waals surface area (Å²) in [5.41, 5.74) is 0.644. The minimum absolute atomic E-state index is 0.140. The van der Waals surface area contributed by atoms with Gasteiger partial charge in [0.15, 0.2) is 5.69 Å². The molecule has 28 heavy (non-hydrogen) atoms. The van der Waals surface area contributed by atoms with Crippen LogP contribution < -0.4 is 25.1 Å². The minimum atomic E-state index is -0.471. The number of ether oxygens (including phenoxy) is 2. The van der Waals surface area contributed by atoms with Gasteiger partial charge in [0.05, 0.1) is 18.8 Å². The third kappa shape index (κ3) is 3.14. The Hall–Kier alpha value is -3.52. The van der Waals surface area contributed by atoms with Gasteiger partial charge >= 0.3 is 5.56 Å². The highest BCUT2D eigenvalue weighted by Crippen LogP contribution is 2.25. The molecule has 7 nitrogen and oxygen atoms in total. The first-order valence-electron chi connectivity index (χ1n) is 8.34. The van der Waals surface area contributed by atoms with Crippen LogP contribution in [0.3, 0.4) is 0 Å². The number of hydrogen-bond donors (Lipinski definition) is 0. The van der Waals surface area contributed by atoms with Crippen molar-refractivity contribution >= 4 is 22.4 Å². The molecule has 0 aliphatic heterocycles. The van der Waals surface area contributed by atoms with Gasteiger partial charge in [-0.05, 0) is 18.2 Å². The van der Waals surface area contributed by atoms with Crippen molar-refractivity contribution in [3.63, 3.8) is 0 Å². The molecule has 0 fully saturated rings. The fourth-order valence-electron chi connectivity index (χ4n) is 2.76. The molecular weight excluding hydrogens is 378 g/mol. The summed E-state index contributed by atoms with van der Waals surface area (Å²) in [6.45, 7) is 0. The SMILES string of the molecule is COc1ccc(C=c2sc3nc(=O)c(-c4ccccc4)nn3c2=O)c(OC)c1. The Kier molecular flexibility index (Phi) is 4.62. The van der Waals surface area contributed by atoms with Gasteiger partial charge in [0, 0.05) is 17.2 Å². The Morgan fingerprint density at radius 3 is 2.54 bits per heavy atom. The van der Waals surface area contributed by atoms with Gasteiger partial charge in [-0.15, -0.1) is 0 Å². The van der Waals surface area contributed by atoms with Crippen molar-refractivity contribution in [1.82, 2.24) is 14.6 Å². The fourth-order valence-corrected chi connectivity index (χ4v) is 3.66. The first-order valence-corrected chi connectivity index (χ1v) is 9.15. The standard InChI is InChI=1S/C20H15N3O4S/c1-26-14-9-8-13(15(11-14)27-2)10-16-19(25)23-20(28-16)21-18(24)17(22-23)12-6-4-3-5-7-12/h3-11H,1-2H3. The molecule has 4 rings (SSSR count). The largest absolute Gasteiger partial charge is 0.497 e. The summed E-state index contributed by atoms with van der Waals surface area (Å²) in [5, 5.41) is 4.25. The van der Waals surface area contributed by atoms with E-state index in [1.165, 1.54) is 0 Å². The third-order valence-electron chi connectivity index (χ3n) is 4.16. The van der Waals surface area contributed by atoms with Gasteiger partial charge in [-0.2, -0.15) is 14.6 Å². The van der Waals surface area contributed by atoms with E-state index in [9.17, 15) is 9.59 Å². The highest BCUT2D eigenvalue weighted by molar-refractivity contribution is 7.15. The predicted molar refractivity (Wildman–Crippen MR) is 107 cm³/mol. The Morgan fingerprint density at radius 1 is 1.04 bits per heavy atom. The number of thiazole rings is 1. The molecule has 0 N–H and O–H groups in total. The second-order valence-corrected chi connectivity index (χ2v) is 6.86. The molecule has 0 aliphatic rings. The van der Waals surface area contributed by atoms with E-state index in [1.54, 1.807) is 62.8 Å². The van der Waals surface area contributed by atoms with Crippen molar-refractivity contribution in [3.05, 3.63) is 79.3 Å².